The normalized spacial score (nSPS) is 11.5. The second-order valence-corrected chi connectivity index (χ2v) is 20.0. The summed E-state index contributed by atoms with van der Waals surface area (Å²) in [5, 5.41) is 11.3. The number of aromatic nitrogens is 4. The van der Waals surface area contributed by atoms with Gasteiger partial charge in [-0.15, -0.1) is 0 Å². The molecular formula is C47H34Cl3F4N7O6S2. The van der Waals surface area contributed by atoms with E-state index in [0.29, 0.717) is 38.7 Å². The fourth-order valence-corrected chi connectivity index (χ4v) is 10.1. The number of carbonyl (C=O) groups is 2. The van der Waals surface area contributed by atoms with Gasteiger partial charge < -0.3 is 9.97 Å². The zero-order valence-corrected chi connectivity index (χ0v) is 39.7. The van der Waals surface area contributed by atoms with Gasteiger partial charge in [0, 0.05) is 56.7 Å². The lowest BCUT2D eigenvalue weighted by Gasteiger charge is -2.12. The number of nitrogens with one attached hydrogen (secondary N) is 4. The van der Waals surface area contributed by atoms with E-state index in [-0.39, 0.29) is 61.7 Å². The average Bonchev–Trinajstić information content (AvgIpc) is 3.95. The Labute approximate surface area is 406 Å². The van der Waals surface area contributed by atoms with Crippen molar-refractivity contribution < 1.29 is 44.0 Å². The van der Waals surface area contributed by atoms with Crippen molar-refractivity contribution in [3.8, 4) is 28.3 Å². The Hall–Kier alpha value is -6.82. The zero-order valence-electron chi connectivity index (χ0n) is 35.8. The molecule has 13 nitrogen and oxygen atoms in total. The molecule has 0 spiro atoms. The molecule has 4 aromatic heterocycles. The number of aromatic amines is 2. The summed E-state index contributed by atoms with van der Waals surface area (Å²) in [6.45, 7) is 3.27. The fraction of sp³-hybridized carbons (Fsp3) is 0.128. The molecule has 4 N–H and O–H groups in total. The first-order valence-electron chi connectivity index (χ1n) is 20.4. The standard InChI is InChI=1S/C24H17ClF2N4O3S.C23H17Cl2F2N3O3S/c1-2-9-35(33,34)31-19-8-7-18(26)21(22(19)27)23(32)17-12-30-24-20(17)15(10-28)16(11-29-24)13-3-5-14(25)6-4-13;1-2-9-34(32,33)30-17-8-7-16(26)19(21(17)27)22(31)15-11-29-23-18(15)20(25)14(10-28-23)12-3-5-13(24)6-4-12/h3-8,11-12,31H,2,9H2,1H3,(H,29,30);3-8,10-11,30H,2,9H2,1H3,(H,28,29). The lowest BCUT2D eigenvalue weighted by molar-refractivity contribution is 0.102. The average molecular weight is 1040 g/mol. The highest BCUT2D eigenvalue weighted by molar-refractivity contribution is 7.92. The van der Waals surface area contributed by atoms with Crippen LogP contribution >= 0.6 is 34.8 Å². The minimum absolute atomic E-state index is 0.0718. The van der Waals surface area contributed by atoms with Gasteiger partial charge in [-0.25, -0.2) is 44.4 Å². The summed E-state index contributed by atoms with van der Waals surface area (Å²) in [6, 6.07) is 18.9. The molecule has 354 valence electrons. The van der Waals surface area contributed by atoms with Gasteiger partial charge in [-0.2, -0.15) is 5.26 Å². The molecule has 4 aromatic carbocycles. The number of nitriles is 1. The Bertz CT molecular complexity index is 3610. The van der Waals surface area contributed by atoms with E-state index >= 15 is 8.78 Å². The second-order valence-electron chi connectivity index (χ2n) is 15.1. The Morgan fingerprint density at radius 2 is 1.03 bits per heavy atom. The number of ketones is 2. The zero-order chi connectivity index (χ0) is 49.9. The van der Waals surface area contributed by atoms with Crippen molar-refractivity contribution in [2.75, 3.05) is 20.9 Å². The molecule has 0 amide bonds. The van der Waals surface area contributed by atoms with Gasteiger partial charge in [-0.05, 0) is 72.5 Å². The number of H-pyrrole nitrogens is 2. The van der Waals surface area contributed by atoms with Gasteiger partial charge in [0.25, 0.3) is 0 Å². The molecule has 8 rings (SSSR count). The minimum atomic E-state index is -3.89. The van der Waals surface area contributed by atoms with Crippen molar-refractivity contribution >= 4 is 99.9 Å². The first-order chi connectivity index (χ1) is 32.8. The van der Waals surface area contributed by atoms with Crippen LogP contribution < -0.4 is 9.44 Å². The molecule has 4 heterocycles. The predicted octanol–water partition coefficient (Wildman–Crippen LogP) is 11.6. The van der Waals surface area contributed by atoms with E-state index in [1.807, 2.05) is 10.8 Å². The highest BCUT2D eigenvalue weighted by Gasteiger charge is 2.29. The van der Waals surface area contributed by atoms with Crippen molar-refractivity contribution in [1.29, 1.82) is 5.26 Å². The minimum Gasteiger partial charge on any atom is -0.345 e. The molecule has 0 unspecified atom stereocenters. The van der Waals surface area contributed by atoms with Crippen LogP contribution in [-0.2, 0) is 20.0 Å². The Morgan fingerprint density at radius 3 is 1.46 bits per heavy atom. The van der Waals surface area contributed by atoms with Gasteiger partial charge in [0.2, 0.25) is 31.6 Å². The summed E-state index contributed by atoms with van der Waals surface area (Å²) in [6.07, 6.45) is 5.98. The smallest absolute Gasteiger partial charge is 0.232 e. The van der Waals surface area contributed by atoms with Gasteiger partial charge in [0.1, 0.15) is 29.0 Å². The maximum atomic E-state index is 15.2. The monoisotopic (exact) mass is 1040 g/mol. The Kier molecular flexibility index (Phi) is 14.8. The fourth-order valence-electron chi connectivity index (χ4n) is 7.23. The van der Waals surface area contributed by atoms with Gasteiger partial charge in [-0.1, -0.05) is 72.9 Å². The number of fused-ring (bicyclic) bond motifs is 2. The molecule has 0 saturated heterocycles. The topological polar surface area (TPSA) is 208 Å². The van der Waals surface area contributed by atoms with E-state index in [9.17, 15) is 40.5 Å². The molecule has 0 saturated carbocycles. The molecule has 22 heteroatoms. The molecule has 8 aromatic rings. The summed E-state index contributed by atoms with van der Waals surface area (Å²) >= 11 is 18.5. The molecule has 0 fully saturated rings. The SMILES string of the molecule is CCCS(=O)(=O)Nc1ccc(F)c(C(=O)c2c[nH]c3ncc(-c4ccc(Cl)cc4)c(C#N)c23)c1F.CCCS(=O)(=O)Nc1ccc(F)c(C(=O)c2c[nH]c3ncc(-c4ccc(Cl)cc4)c(Cl)c23)c1F. The van der Waals surface area contributed by atoms with Crippen molar-refractivity contribution in [2.24, 2.45) is 0 Å². The summed E-state index contributed by atoms with van der Waals surface area (Å²) in [5.41, 5.74) is -0.605. The number of anilines is 2. The highest BCUT2D eigenvalue weighted by Crippen LogP contribution is 2.38. The lowest BCUT2D eigenvalue weighted by Crippen LogP contribution is -2.18. The first kappa shape index (κ1) is 50.1. The molecule has 0 atom stereocenters. The molecule has 0 aliphatic rings. The Balaban J connectivity index is 0.000000204. The number of nitrogens with zero attached hydrogens (tertiary/aromatic N) is 3. The van der Waals surface area contributed by atoms with Crippen LogP contribution in [0, 0.1) is 34.6 Å². The molecular weight excluding hydrogens is 1010 g/mol. The second kappa shape index (κ2) is 20.4. The van der Waals surface area contributed by atoms with Crippen LogP contribution in [0.25, 0.3) is 44.3 Å². The van der Waals surface area contributed by atoms with Crippen LogP contribution in [0.3, 0.4) is 0 Å². The third-order valence-corrected chi connectivity index (χ3v) is 14.2. The van der Waals surface area contributed by atoms with Crippen LogP contribution in [0.1, 0.15) is 64.1 Å². The summed E-state index contributed by atoms with van der Waals surface area (Å²) in [7, 11) is -7.76. The van der Waals surface area contributed by atoms with Gasteiger partial charge >= 0.3 is 0 Å². The number of pyridine rings is 2. The number of rotatable bonds is 14. The number of halogens is 7. The van der Waals surface area contributed by atoms with Crippen LogP contribution in [0.2, 0.25) is 15.1 Å². The van der Waals surface area contributed by atoms with Crippen LogP contribution in [0.15, 0.2) is 97.6 Å². The van der Waals surface area contributed by atoms with Crippen molar-refractivity contribution in [1.82, 2.24) is 19.9 Å². The quantitative estimate of drug-likeness (QED) is 0.0602. The van der Waals surface area contributed by atoms with E-state index in [0.717, 1.165) is 24.3 Å². The third-order valence-electron chi connectivity index (χ3n) is 10.4. The number of hydrogen-bond donors (Lipinski definition) is 4. The third kappa shape index (κ3) is 10.5. The van der Waals surface area contributed by atoms with Crippen molar-refractivity contribution in [3.05, 3.63) is 164 Å². The summed E-state index contributed by atoms with van der Waals surface area (Å²) in [4.78, 5) is 40.6. The van der Waals surface area contributed by atoms with Crippen LogP contribution in [-0.4, -0.2) is 59.8 Å². The van der Waals surface area contributed by atoms with Crippen LogP contribution in [0.4, 0.5) is 28.9 Å². The Morgan fingerprint density at radius 1 is 0.623 bits per heavy atom. The van der Waals surface area contributed by atoms with Gasteiger partial charge in [-0.3, -0.25) is 19.0 Å². The largest absolute Gasteiger partial charge is 0.345 e. The summed E-state index contributed by atoms with van der Waals surface area (Å²) in [5.74, 6) is -7.64. The van der Waals surface area contributed by atoms with Crippen molar-refractivity contribution in [3.63, 3.8) is 0 Å². The van der Waals surface area contributed by atoms with E-state index in [4.69, 9.17) is 34.8 Å². The number of carbonyl (C=O) groups excluding carboxylic acids is 2. The predicted molar refractivity (Wildman–Crippen MR) is 258 cm³/mol. The van der Waals surface area contributed by atoms with Crippen molar-refractivity contribution in [2.45, 2.75) is 26.7 Å². The van der Waals surface area contributed by atoms with E-state index in [2.05, 4.69) is 24.7 Å². The van der Waals surface area contributed by atoms with E-state index in [1.165, 1.54) is 24.8 Å². The molecule has 0 radical (unpaired) electrons. The van der Waals surface area contributed by atoms with E-state index in [1.54, 1.807) is 62.4 Å². The van der Waals surface area contributed by atoms with Gasteiger partial charge in [0.15, 0.2) is 11.6 Å². The van der Waals surface area contributed by atoms with Gasteiger partial charge in [0.05, 0.1) is 55.7 Å². The first-order valence-corrected chi connectivity index (χ1v) is 24.9. The summed E-state index contributed by atoms with van der Waals surface area (Å²) < 4.78 is 112. The number of benzene rings is 4. The number of hydrogen-bond acceptors (Lipinski definition) is 9. The lowest BCUT2D eigenvalue weighted by atomic mass is 9.95. The maximum Gasteiger partial charge on any atom is 0.232 e. The van der Waals surface area contributed by atoms with E-state index < -0.39 is 77.4 Å². The molecule has 0 aliphatic carbocycles. The van der Waals surface area contributed by atoms with Crippen LogP contribution in [0.5, 0.6) is 0 Å². The number of sulfonamides is 2. The molecule has 69 heavy (non-hydrogen) atoms. The molecule has 0 bridgehead atoms. The molecule has 0 aliphatic heterocycles. The highest BCUT2D eigenvalue weighted by atomic mass is 35.5. The maximum absolute atomic E-state index is 15.2.